The molecule has 0 unspecified atom stereocenters. The molecule has 90 valence electrons. The minimum atomic E-state index is -0.707. The molecule has 0 amide bonds. The van der Waals surface area contributed by atoms with Crippen molar-refractivity contribution in [2.45, 2.75) is 32.6 Å². The number of nitrogens with one attached hydrogen (secondary N) is 1. The van der Waals surface area contributed by atoms with Gasteiger partial charge in [-0.15, -0.1) is 0 Å². The number of benzene rings is 1. The lowest BCUT2D eigenvalue weighted by molar-refractivity contribution is 0.460. The molecule has 0 atom stereocenters. The van der Waals surface area contributed by atoms with Gasteiger partial charge in [-0.05, 0) is 30.5 Å². The maximum absolute atomic E-state index is 11.5. The third kappa shape index (κ3) is 2.64. The van der Waals surface area contributed by atoms with E-state index in [4.69, 9.17) is 0 Å². The summed E-state index contributed by atoms with van der Waals surface area (Å²) in [6.45, 7) is 2.15. The second kappa shape index (κ2) is 4.99. The summed E-state index contributed by atoms with van der Waals surface area (Å²) in [4.78, 5) is 25.0. The van der Waals surface area contributed by atoms with Crippen LogP contribution in [0.15, 0.2) is 32.2 Å². The van der Waals surface area contributed by atoms with Crippen LogP contribution < -0.4 is 11.4 Å². The number of aromatic nitrogens is 1. The van der Waals surface area contributed by atoms with Crippen LogP contribution in [0.5, 0.6) is 0 Å². The summed E-state index contributed by atoms with van der Waals surface area (Å²) in [6, 6.07) is 5.50. The quantitative estimate of drug-likeness (QED) is 0.823. The van der Waals surface area contributed by atoms with E-state index in [2.05, 4.69) is 16.3 Å². The van der Waals surface area contributed by atoms with E-state index < -0.39 is 11.4 Å². The van der Waals surface area contributed by atoms with E-state index in [1.54, 1.807) is 12.1 Å². The number of rotatable bonds is 4. The zero-order valence-electron chi connectivity index (χ0n) is 9.79. The van der Waals surface area contributed by atoms with E-state index in [1.165, 1.54) is 12.8 Å². The molecule has 1 N–H and O–H groups in total. The molecule has 2 rings (SSSR count). The first-order valence-electron chi connectivity index (χ1n) is 5.87. The van der Waals surface area contributed by atoms with E-state index >= 15 is 0 Å². The molecule has 4 nitrogen and oxygen atoms in total. The Labute approximate surface area is 98.3 Å². The van der Waals surface area contributed by atoms with Gasteiger partial charge in [-0.1, -0.05) is 25.8 Å². The van der Waals surface area contributed by atoms with E-state index in [1.807, 2.05) is 6.07 Å². The first-order valence-corrected chi connectivity index (χ1v) is 5.87. The monoisotopic (exact) mass is 233 g/mol. The van der Waals surface area contributed by atoms with Gasteiger partial charge in [-0.2, -0.15) is 0 Å². The number of fused-ring (bicyclic) bond motifs is 1. The summed E-state index contributed by atoms with van der Waals surface area (Å²) in [6.07, 6.45) is 4.40. The van der Waals surface area contributed by atoms with Crippen molar-refractivity contribution in [3.05, 3.63) is 44.7 Å². The highest BCUT2D eigenvalue weighted by Gasteiger charge is 2.03. The maximum Gasteiger partial charge on any atom is 0.419 e. The van der Waals surface area contributed by atoms with Gasteiger partial charge in [0.05, 0.1) is 10.9 Å². The Hall–Kier alpha value is -1.84. The summed E-state index contributed by atoms with van der Waals surface area (Å²) in [5, 5.41) is 0.443. The average molecular weight is 233 g/mol. The Kier molecular flexibility index (Phi) is 3.42. The minimum Gasteiger partial charge on any atom is -0.372 e. The van der Waals surface area contributed by atoms with E-state index in [-0.39, 0.29) is 0 Å². The zero-order chi connectivity index (χ0) is 12.3. The largest absolute Gasteiger partial charge is 0.419 e. The number of hydrogen-bond donors (Lipinski definition) is 1. The molecule has 4 heteroatoms. The van der Waals surface area contributed by atoms with Gasteiger partial charge in [0.1, 0.15) is 0 Å². The molecule has 0 aliphatic heterocycles. The lowest BCUT2D eigenvalue weighted by Crippen LogP contribution is -2.14. The van der Waals surface area contributed by atoms with Crippen LogP contribution in [0.3, 0.4) is 0 Å². The first kappa shape index (κ1) is 11.6. The van der Waals surface area contributed by atoms with E-state index in [9.17, 15) is 9.59 Å². The van der Waals surface area contributed by atoms with Crippen LogP contribution in [0.25, 0.3) is 10.9 Å². The molecule has 0 saturated carbocycles. The molecule has 0 spiro atoms. The molecule has 1 heterocycles. The fraction of sp³-hybridized carbons (Fsp3) is 0.385. The van der Waals surface area contributed by atoms with Gasteiger partial charge < -0.3 is 4.42 Å². The summed E-state index contributed by atoms with van der Waals surface area (Å²) >= 11 is 0. The highest BCUT2D eigenvalue weighted by molar-refractivity contribution is 5.77. The Morgan fingerprint density at radius 3 is 2.82 bits per heavy atom. The average Bonchev–Trinajstić information content (AvgIpc) is 2.30. The van der Waals surface area contributed by atoms with Gasteiger partial charge in [-0.25, -0.2) is 9.59 Å². The number of hydrogen-bond acceptors (Lipinski definition) is 3. The lowest BCUT2D eigenvalue weighted by atomic mass is 10.1. The normalized spacial score (nSPS) is 10.9. The molecule has 0 bridgehead atoms. The predicted molar refractivity (Wildman–Crippen MR) is 66.3 cm³/mol. The fourth-order valence-corrected chi connectivity index (χ4v) is 1.88. The Morgan fingerprint density at radius 1 is 1.24 bits per heavy atom. The number of aromatic amines is 1. The van der Waals surface area contributed by atoms with Crippen molar-refractivity contribution in [2.24, 2.45) is 0 Å². The lowest BCUT2D eigenvalue weighted by Gasteiger charge is -2.02. The van der Waals surface area contributed by atoms with Gasteiger partial charge in [0.15, 0.2) is 0 Å². The second-order valence-electron chi connectivity index (χ2n) is 4.14. The molecule has 0 saturated heterocycles. The minimum absolute atomic E-state index is 0.443. The van der Waals surface area contributed by atoms with Gasteiger partial charge in [0, 0.05) is 0 Å². The molecule has 0 aliphatic carbocycles. The van der Waals surface area contributed by atoms with Crippen molar-refractivity contribution in [2.75, 3.05) is 0 Å². The number of H-pyrrole nitrogens is 1. The van der Waals surface area contributed by atoms with Crippen molar-refractivity contribution in [3.8, 4) is 0 Å². The smallest absolute Gasteiger partial charge is 0.372 e. The van der Waals surface area contributed by atoms with Crippen molar-refractivity contribution >= 4 is 10.9 Å². The fourth-order valence-electron chi connectivity index (χ4n) is 1.88. The molecule has 0 aliphatic rings. The van der Waals surface area contributed by atoms with Crippen LogP contribution in [-0.2, 0) is 6.42 Å². The van der Waals surface area contributed by atoms with Crippen LogP contribution in [0.1, 0.15) is 31.7 Å². The number of aryl methyl sites for hydroxylation is 1. The highest BCUT2D eigenvalue weighted by atomic mass is 16.4. The van der Waals surface area contributed by atoms with E-state index in [0.717, 1.165) is 18.4 Å². The number of unbranched alkanes of at least 4 members (excludes halogenated alkanes) is 2. The third-order valence-electron chi connectivity index (χ3n) is 2.80. The van der Waals surface area contributed by atoms with Crippen molar-refractivity contribution in [3.63, 3.8) is 0 Å². The van der Waals surface area contributed by atoms with Crippen LogP contribution in [0, 0.1) is 0 Å². The van der Waals surface area contributed by atoms with Crippen LogP contribution >= 0.6 is 0 Å². The van der Waals surface area contributed by atoms with Gasteiger partial charge in [0.25, 0.3) is 0 Å². The van der Waals surface area contributed by atoms with Gasteiger partial charge >= 0.3 is 11.4 Å². The van der Waals surface area contributed by atoms with Crippen LogP contribution in [-0.4, -0.2) is 4.98 Å². The first-order chi connectivity index (χ1) is 8.20. The Bertz CT molecular complexity index is 624. The second-order valence-corrected chi connectivity index (χ2v) is 4.14. The van der Waals surface area contributed by atoms with Crippen LogP contribution in [0.4, 0.5) is 0 Å². The molecular formula is C13H15NO3. The molecule has 0 radical (unpaired) electrons. The standard InChI is InChI=1S/C13H15NO3/c1-2-3-4-5-9-6-7-11-10(8-9)12(15)17-13(16)14-11/h6-8H,2-5H2,1H3,(H,14,16). The highest BCUT2D eigenvalue weighted by Crippen LogP contribution is 2.12. The van der Waals surface area contributed by atoms with Crippen molar-refractivity contribution < 1.29 is 4.42 Å². The summed E-state index contributed by atoms with van der Waals surface area (Å²) in [5.74, 6) is -0.707. The van der Waals surface area contributed by atoms with Crippen LogP contribution in [0.2, 0.25) is 0 Å². The predicted octanol–water partition coefficient (Wildman–Crippen LogP) is 2.21. The van der Waals surface area contributed by atoms with Gasteiger partial charge in [-0.3, -0.25) is 4.98 Å². The molecule has 0 fully saturated rings. The molecule has 2 aromatic rings. The SMILES string of the molecule is CCCCCc1ccc2[nH]c(=O)oc(=O)c2c1. The maximum atomic E-state index is 11.5. The summed E-state index contributed by atoms with van der Waals surface area (Å²) < 4.78 is 4.50. The van der Waals surface area contributed by atoms with Crippen molar-refractivity contribution in [1.82, 2.24) is 4.98 Å². The van der Waals surface area contributed by atoms with Gasteiger partial charge in [0.2, 0.25) is 0 Å². The third-order valence-corrected chi connectivity index (χ3v) is 2.80. The topological polar surface area (TPSA) is 63.1 Å². The molecule has 1 aromatic heterocycles. The Morgan fingerprint density at radius 2 is 2.06 bits per heavy atom. The zero-order valence-corrected chi connectivity index (χ0v) is 9.79. The Balaban J connectivity index is 2.37. The summed E-state index contributed by atoms with van der Waals surface area (Å²) in [5.41, 5.74) is 1.07. The molecule has 1 aromatic carbocycles. The molecule has 17 heavy (non-hydrogen) atoms. The van der Waals surface area contributed by atoms with Crippen molar-refractivity contribution in [1.29, 1.82) is 0 Å². The van der Waals surface area contributed by atoms with E-state index in [0.29, 0.717) is 10.9 Å². The molecular weight excluding hydrogens is 218 g/mol. The summed E-state index contributed by atoms with van der Waals surface area (Å²) in [7, 11) is 0.